The molecule has 10 heteroatoms. The first-order valence-electron chi connectivity index (χ1n) is 11.2. The van der Waals surface area contributed by atoms with Crippen LogP contribution in [0.15, 0.2) is 73.4 Å². The molecule has 4 rings (SSSR count). The molecule has 36 heavy (non-hydrogen) atoms. The van der Waals surface area contributed by atoms with Gasteiger partial charge in [-0.3, -0.25) is 14.9 Å². The molecule has 0 amide bonds. The van der Waals surface area contributed by atoms with Crippen LogP contribution in [0.4, 0.5) is 5.69 Å². The van der Waals surface area contributed by atoms with Crippen LogP contribution in [-0.4, -0.2) is 20.8 Å². The van der Waals surface area contributed by atoms with Crippen LogP contribution in [0.25, 0.3) is 10.9 Å². The number of rotatable bonds is 8. The minimum Gasteiger partial charge on any atom is -0.481 e. The van der Waals surface area contributed by atoms with E-state index in [2.05, 4.69) is 41.9 Å². The summed E-state index contributed by atoms with van der Waals surface area (Å²) < 4.78 is 8.23. The quantitative estimate of drug-likeness (QED) is 0.127. The Morgan fingerprint density at radius 2 is 1.97 bits per heavy atom. The molecule has 1 heterocycles. The number of hydrogen-bond acceptors (Lipinski definition) is 6. The third kappa shape index (κ3) is 5.71. The van der Waals surface area contributed by atoms with Crippen LogP contribution in [0, 0.1) is 17.0 Å². The molecular formula is C26H22Br2N4O4. The van der Waals surface area contributed by atoms with Gasteiger partial charge in [0.2, 0.25) is 5.75 Å². The van der Waals surface area contributed by atoms with Gasteiger partial charge in [0, 0.05) is 22.5 Å². The molecule has 0 aliphatic carbocycles. The van der Waals surface area contributed by atoms with Gasteiger partial charge in [0.1, 0.15) is 12.4 Å². The summed E-state index contributed by atoms with van der Waals surface area (Å²) in [6, 6.07) is 16.1. The standard InChI is InChI=1S/C26H22Br2N4O4/c1-3-5-24-30-22-9-8-19(27)13-20(22)26(33)31(24)29-14-18-11-21(28)25(23(12-18)32(34)35)36-15-17-7-4-6-16(2)10-17/h4,6-14H,3,5,15H2,1-2H3. The van der Waals surface area contributed by atoms with E-state index in [1.54, 1.807) is 18.2 Å². The number of halogens is 2. The predicted octanol–water partition coefficient (Wildman–Crippen LogP) is 6.55. The Kier molecular flexibility index (Phi) is 7.95. The first kappa shape index (κ1) is 25.7. The lowest BCUT2D eigenvalue weighted by molar-refractivity contribution is -0.386. The highest BCUT2D eigenvalue weighted by Gasteiger charge is 2.20. The smallest absolute Gasteiger partial charge is 0.312 e. The van der Waals surface area contributed by atoms with Gasteiger partial charge in [-0.05, 0) is 59.1 Å². The Bertz CT molecular complexity index is 1550. The summed E-state index contributed by atoms with van der Waals surface area (Å²) in [5, 5.41) is 16.6. The molecule has 0 spiro atoms. The Morgan fingerprint density at radius 1 is 1.17 bits per heavy atom. The van der Waals surface area contributed by atoms with E-state index in [9.17, 15) is 14.9 Å². The zero-order valence-electron chi connectivity index (χ0n) is 19.6. The topological polar surface area (TPSA) is 99.6 Å². The molecule has 0 aliphatic heterocycles. The van der Waals surface area contributed by atoms with E-state index in [-0.39, 0.29) is 23.6 Å². The Labute approximate surface area is 224 Å². The normalized spacial score (nSPS) is 11.3. The largest absolute Gasteiger partial charge is 0.481 e. The molecule has 0 saturated heterocycles. The number of benzene rings is 3. The van der Waals surface area contributed by atoms with Crippen molar-refractivity contribution in [1.82, 2.24) is 9.66 Å². The Morgan fingerprint density at radius 3 is 2.69 bits per heavy atom. The van der Waals surface area contributed by atoms with Crippen molar-refractivity contribution in [2.45, 2.75) is 33.3 Å². The summed E-state index contributed by atoms with van der Waals surface area (Å²) in [5.74, 6) is 0.639. The third-order valence-corrected chi connectivity index (χ3v) is 6.46. The van der Waals surface area contributed by atoms with Crippen molar-refractivity contribution >= 4 is 54.7 Å². The summed E-state index contributed by atoms with van der Waals surface area (Å²) in [4.78, 5) is 29.1. The van der Waals surface area contributed by atoms with Gasteiger partial charge in [0.15, 0.2) is 0 Å². The van der Waals surface area contributed by atoms with Crippen LogP contribution in [0.5, 0.6) is 5.75 Å². The second kappa shape index (κ2) is 11.1. The molecular weight excluding hydrogens is 592 g/mol. The summed E-state index contributed by atoms with van der Waals surface area (Å²) in [6.45, 7) is 4.14. The summed E-state index contributed by atoms with van der Waals surface area (Å²) in [5.41, 5.74) is 2.48. The first-order chi connectivity index (χ1) is 17.3. The molecule has 4 aromatic rings. The van der Waals surface area contributed by atoms with Gasteiger partial charge in [0.25, 0.3) is 5.56 Å². The number of nitrogens with zero attached hydrogens (tertiary/aromatic N) is 4. The second-order valence-corrected chi connectivity index (χ2v) is 9.96. The number of nitro benzene ring substituents is 1. The summed E-state index contributed by atoms with van der Waals surface area (Å²) in [6.07, 6.45) is 2.73. The highest BCUT2D eigenvalue weighted by Crippen LogP contribution is 2.36. The van der Waals surface area contributed by atoms with Crippen molar-refractivity contribution in [2.75, 3.05) is 0 Å². The van der Waals surface area contributed by atoms with Crippen molar-refractivity contribution in [2.24, 2.45) is 5.10 Å². The van der Waals surface area contributed by atoms with E-state index >= 15 is 0 Å². The maximum atomic E-state index is 13.2. The number of nitro groups is 1. The Hall–Kier alpha value is -3.37. The summed E-state index contributed by atoms with van der Waals surface area (Å²) >= 11 is 6.79. The van der Waals surface area contributed by atoms with E-state index in [1.807, 2.05) is 44.2 Å². The van der Waals surface area contributed by atoms with Crippen molar-refractivity contribution in [3.05, 3.63) is 107 Å². The van der Waals surface area contributed by atoms with Crippen molar-refractivity contribution in [3.8, 4) is 5.75 Å². The average Bonchev–Trinajstić information content (AvgIpc) is 2.83. The Balaban J connectivity index is 1.71. The minimum absolute atomic E-state index is 0.125. The summed E-state index contributed by atoms with van der Waals surface area (Å²) in [7, 11) is 0. The molecule has 0 N–H and O–H groups in total. The molecule has 0 bridgehead atoms. The lowest BCUT2D eigenvalue weighted by Crippen LogP contribution is -2.22. The van der Waals surface area contributed by atoms with Crippen molar-refractivity contribution in [3.63, 3.8) is 0 Å². The highest BCUT2D eigenvalue weighted by molar-refractivity contribution is 9.10. The first-order valence-corrected chi connectivity index (χ1v) is 12.8. The van der Waals surface area contributed by atoms with Crippen LogP contribution >= 0.6 is 31.9 Å². The van der Waals surface area contributed by atoms with Crippen LogP contribution < -0.4 is 10.3 Å². The van der Waals surface area contributed by atoms with E-state index < -0.39 is 4.92 Å². The molecule has 0 atom stereocenters. The molecule has 3 aromatic carbocycles. The van der Waals surface area contributed by atoms with Crippen LogP contribution in [0.3, 0.4) is 0 Å². The minimum atomic E-state index is -0.503. The van der Waals surface area contributed by atoms with Crippen LogP contribution in [0.2, 0.25) is 0 Å². The SMILES string of the molecule is CCCc1nc2ccc(Br)cc2c(=O)n1N=Cc1cc(Br)c(OCc2cccc(C)c2)c([N+](=O)[O-])c1. The fourth-order valence-electron chi connectivity index (χ4n) is 3.73. The van der Waals surface area contributed by atoms with Gasteiger partial charge in [-0.25, -0.2) is 4.98 Å². The van der Waals surface area contributed by atoms with E-state index in [0.717, 1.165) is 22.0 Å². The van der Waals surface area contributed by atoms with E-state index in [0.29, 0.717) is 33.2 Å². The molecule has 184 valence electrons. The number of aromatic nitrogens is 2. The lowest BCUT2D eigenvalue weighted by Gasteiger charge is -2.11. The fourth-order valence-corrected chi connectivity index (χ4v) is 4.68. The molecule has 0 fully saturated rings. The zero-order valence-corrected chi connectivity index (χ0v) is 22.7. The number of fused-ring (bicyclic) bond motifs is 1. The fraction of sp³-hybridized carbons (Fsp3) is 0.192. The van der Waals surface area contributed by atoms with Gasteiger partial charge < -0.3 is 4.74 Å². The van der Waals surface area contributed by atoms with E-state index in [1.165, 1.54) is 17.0 Å². The van der Waals surface area contributed by atoms with Gasteiger partial charge >= 0.3 is 5.69 Å². The van der Waals surface area contributed by atoms with Gasteiger partial charge in [0.05, 0.1) is 26.5 Å². The zero-order chi connectivity index (χ0) is 25.8. The predicted molar refractivity (Wildman–Crippen MR) is 147 cm³/mol. The highest BCUT2D eigenvalue weighted by atomic mass is 79.9. The maximum Gasteiger partial charge on any atom is 0.312 e. The molecule has 1 aromatic heterocycles. The maximum absolute atomic E-state index is 13.2. The second-order valence-electron chi connectivity index (χ2n) is 8.19. The molecule has 8 nitrogen and oxygen atoms in total. The molecule has 0 radical (unpaired) electrons. The molecule has 0 saturated carbocycles. The van der Waals surface area contributed by atoms with Crippen molar-refractivity contribution < 1.29 is 9.66 Å². The van der Waals surface area contributed by atoms with Crippen LogP contribution in [0.1, 0.15) is 35.9 Å². The van der Waals surface area contributed by atoms with E-state index in [4.69, 9.17) is 4.74 Å². The van der Waals surface area contributed by atoms with Gasteiger partial charge in [-0.1, -0.05) is 52.7 Å². The van der Waals surface area contributed by atoms with Crippen LogP contribution in [-0.2, 0) is 13.0 Å². The van der Waals surface area contributed by atoms with Crippen molar-refractivity contribution in [1.29, 1.82) is 0 Å². The third-order valence-electron chi connectivity index (χ3n) is 5.38. The number of aryl methyl sites for hydroxylation is 2. The lowest BCUT2D eigenvalue weighted by atomic mass is 10.1. The van der Waals surface area contributed by atoms with Gasteiger partial charge in [-0.15, -0.1) is 0 Å². The van der Waals surface area contributed by atoms with Gasteiger partial charge in [-0.2, -0.15) is 9.78 Å². The molecule has 0 aliphatic rings. The average molecular weight is 614 g/mol. The number of ether oxygens (including phenoxy) is 1. The molecule has 0 unspecified atom stereocenters. The monoisotopic (exact) mass is 612 g/mol. The number of hydrogen-bond donors (Lipinski definition) is 0.